The van der Waals surface area contributed by atoms with Crippen LogP contribution in [0.1, 0.15) is 21.7 Å². The molecule has 0 spiro atoms. The van der Waals surface area contributed by atoms with Crippen molar-refractivity contribution in [1.29, 1.82) is 0 Å². The van der Waals surface area contributed by atoms with Crippen LogP contribution in [0.25, 0.3) is 0 Å². The number of ether oxygens (including phenoxy) is 3. The van der Waals surface area contributed by atoms with Crippen molar-refractivity contribution >= 4 is 29.5 Å². The zero-order valence-electron chi connectivity index (χ0n) is 17.6. The van der Waals surface area contributed by atoms with Gasteiger partial charge in [0.2, 0.25) is 0 Å². The molecule has 10 heteroatoms. The number of amides is 3. The first-order chi connectivity index (χ1) is 16.0. The molecule has 3 amide bonds. The molecule has 0 fully saturated rings. The summed E-state index contributed by atoms with van der Waals surface area (Å²) in [6, 6.07) is 14.3. The van der Waals surface area contributed by atoms with Crippen LogP contribution in [0, 0.1) is 0 Å². The predicted octanol–water partition coefficient (Wildman–Crippen LogP) is 3.70. The van der Waals surface area contributed by atoms with Gasteiger partial charge in [-0.25, -0.2) is 9.59 Å². The van der Waals surface area contributed by atoms with E-state index in [-0.39, 0.29) is 18.7 Å². The third-order valence-electron chi connectivity index (χ3n) is 4.33. The summed E-state index contributed by atoms with van der Waals surface area (Å²) < 4.78 is 21.1. The zero-order chi connectivity index (χ0) is 23.6. The average Bonchev–Trinajstić information content (AvgIpc) is 3.34. The zero-order valence-corrected chi connectivity index (χ0v) is 18.4. The highest BCUT2D eigenvalue weighted by atomic mass is 35.5. The van der Waals surface area contributed by atoms with Gasteiger partial charge in [0.25, 0.3) is 5.91 Å². The number of rotatable bonds is 9. The largest absolute Gasteiger partial charge is 0.493 e. The molecule has 0 aliphatic heterocycles. The van der Waals surface area contributed by atoms with Gasteiger partial charge < -0.3 is 23.9 Å². The third-order valence-corrected chi connectivity index (χ3v) is 4.70. The minimum Gasteiger partial charge on any atom is -0.493 e. The fraction of sp³-hybridized carbons (Fsp3) is 0.174. The van der Waals surface area contributed by atoms with Gasteiger partial charge >= 0.3 is 12.0 Å². The van der Waals surface area contributed by atoms with Crippen LogP contribution in [0.3, 0.4) is 0 Å². The Morgan fingerprint density at radius 1 is 1.03 bits per heavy atom. The molecule has 9 nitrogen and oxygen atoms in total. The van der Waals surface area contributed by atoms with E-state index in [1.54, 1.807) is 24.3 Å². The summed E-state index contributed by atoms with van der Waals surface area (Å²) in [6.07, 6.45) is 1.46. The van der Waals surface area contributed by atoms with Gasteiger partial charge in [0.05, 0.1) is 25.5 Å². The molecule has 0 bridgehead atoms. The lowest BCUT2D eigenvalue weighted by Gasteiger charge is -2.13. The number of furan rings is 1. The summed E-state index contributed by atoms with van der Waals surface area (Å²) >= 11 is 6.13. The van der Waals surface area contributed by atoms with Crippen molar-refractivity contribution in [2.45, 2.75) is 13.2 Å². The number of hydrogen-bond donors (Lipinski definition) is 2. The lowest BCUT2D eigenvalue weighted by molar-refractivity contribution is -0.123. The fourth-order valence-electron chi connectivity index (χ4n) is 2.69. The first kappa shape index (κ1) is 23.7. The molecular formula is C23H21ClN2O7. The lowest BCUT2D eigenvalue weighted by atomic mass is 10.2. The van der Waals surface area contributed by atoms with E-state index in [0.717, 1.165) is 5.56 Å². The van der Waals surface area contributed by atoms with Crippen LogP contribution < -0.4 is 20.1 Å². The molecule has 0 atom stereocenters. The van der Waals surface area contributed by atoms with E-state index in [1.807, 2.05) is 18.2 Å². The highest BCUT2D eigenvalue weighted by Gasteiger charge is 2.16. The van der Waals surface area contributed by atoms with Crippen molar-refractivity contribution < 1.29 is 33.0 Å². The van der Waals surface area contributed by atoms with Gasteiger partial charge in [0, 0.05) is 10.6 Å². The Kier molecular flexibility index (Phi) is 8.31. The van der Waals surface area contributed by atoms with Crippen LogP contribution >= 0.6 is 11.6 Å². The molecule has 1 heterocycles. The molecule has 172 valence electrons. The highest BCUT2D eigenvalue weighted by Crippen LogP contribution is 2.30. The van der Waals surface area contributed by atoms with Gasteiger partial charge in [-0.1, -0.05) is 29.8 Å². The van der Waals surface area contributed by atoms with Crippen molar-refractivity contribution in [1.82, 2.24) is 10.6 Å². The summed E-state index contributed by atoms with van der Waals surface area (Å²) in [6.45, 7) is -0.321. The third kappa shape index (κ3) is 7.01. The van der Waals surface area contributed by atoms with E-state index in [0.29, 0.717) is 22.3 Å². The molecule has 0 radical (unpaired) electrons. The Labute approximate surface area is 194 Å². The quantitative estimate of drug-likeness (QED) is 0.456. The number of esters is 1. The number of carbonyl (C=O) groups excluding carboxylic acids is 3. The first-order valence-corrected chi connectivity index (χ1v) is 10.2. The number of benzene rings is 2. The first-order valence-electron chi connectivity index (χ1n) is 9.77. The summed E-state index contributed by atoms with van der Waals surface area (Å²) in [4.78, 5) is 35.8. The number of halogens is 1. The van der Waals surface area contributed by atoms with Crippen molar-refractivity contribution in [2.75, 3.05) is 13.7 Å². The maximum absolute atomic E-state index is 12.3. The van der Waals surface area contributed by atoms with Crippen molar-refractivity contribution in [3.05, 3.63) is 82.8 Å². The van der Waals surface area contributed by atoms with E-state index >= 15 is 0 Å². The minimum atomic E-state index is -0.785. The van der Waals surface area contributed by atoms with Crippen molar-refractivity contribution in [3.8, 4) is 11.5 Å². The standard InChI is InChI=1S/C23H21ClN2O7/c1-30-20-11-15(8-9-19(20)32-13-16-5-2-3-7-18(16)24)22(28)33-14-21(27)26-23(29)25-12-17-6-4-10-31-17/h2-11H,12-14H2,1H3,(H2,25,26,27,29). The smallest absolute Gasteiger partial charge is 0.338 e. The molecule has 0 aliphatic rings. The second-order valence-corrected chi connectivity index (χ2v) is 7.04. The normalized spacial score (nSPS) is 10.2. The number of hydrogen-bond acceptors (Lipinski definition) is 7. The monoisotopic (exact) mass is 472 g/mol. The maximum Gasteiger partial charge on any atom is 0.338 e. The molecule has 3 aromatic rings. The Balaban J connectivity index is 1.49. The number of nitrogens with one attached hydrogen (secondary N) is 2. The van der Waals surface area contributed by atoms with Crippen molar-refractivity contribution in [2.24, 2.45) is 0 Å². The highest BCUT2D eigenvalue weighted by molar-refractivity contribution is 6.31. The number of imide groups is 1. The summed E-state index contributed by atoms with van der Waals surface area (Å²) in [5.74, 6) is -0.320. The van der Waals surface area contributed by atoms with Gasteiger partial charge in [-0.05, 0) is 36.4 Å². The van der Waals surface area contributed by atoms with Crippen LogP contribution in [0.5, 0.6) is 11.5 Å². The molecule has 2 N–H and O–H groups in total. The van der Waals surface area contributed by atoms with Crippen LogP contribution in [0.2, 0.25) is 5.02 Å². The topological polar surface area (TPSA) is 116 Å². The molecule has 33 heavy (non-hydrogen) atoms. The molecule has 0 unspecified atom stereocenters. The predicted molar refractivity (Wildman–Crippen MR) is 118 cm³/mol. The molecule has 0 saturated heterocycles. The Morgan fingerprint density at radius 2 is 1.85 bits per heavy atom. The Bertz CT molecular complexity index is 1120. The van der Waals surface area contributed by atoms with Gasteiger partial charge in [0.1, 0.15) is 12.4 Å². The van der Waals surface area contributed by atoms with Crippen LogP contribution in [0.4, 0.5) is 4.79 Å². The van der Waals surface area contributed by atoms with Crippen LogP contribution in [-0.4, -0.2) is 31.6 Å². The number of methoxy groups -OCH3 is 1. The van der Waals surface area contributed by atoms with Gasteiger partial charge in [-0.15, -0.1) is 0 Å². The van der Waals surface area contributed by atoms with Crippen molar-refractivity contribution in [3.63, 3.8) is 0 Å². The molecule has 0 saturated carbocycles. The van der Waals surface area contributed by atoms with E-state index in [1.165, 1.54) is 25.5 Å². The minimum absolute atomic E-state index is 0.108. The Hall–Kier alpha value is -3.98. The Morgan fingerprint density at radius 3 is 2.58 bits per heavy atom. The maximum atomic E-state index is 12.3. The fourth-order valence-corrected chi connectivity index (χ4v) is 2.88. The van der Waals surface area contributed by atoms with Gasteiger partial charge in [-0.2, -0.15) is 0 Å². The number of urea groups is 1. The molecule has 0 aliphatic carbocycles. The second-order valence-electron chi connectivity index (χ2n) is 6.63. The number of carbonyl (C=O) groups is 3. The van der Waals surface area contributed by atoms with E-state index in [4.69, 9.17) is 30.2 Å². The van der Waals surface area contributed by atoms with Crippen LogP contribution in [0.15, 0.2) is 65.3 Å². The SMILES string of the molecule is COc1cc(C(=O)OCC(=O)NC(=O)NCc2ccco2)ccc1OCc1ccccc1Cl. The molecule has 1 aromatic heterocycles. The van der Waals surface area contributed by atoms with E-state index in [9.17, 15) is 14.4 Å². The molecule has 3 rings (SSSR count). The van der Waals surface area contributed by atoms with Gasteiger partial charge in [-0.3, -0.25) is 10.1 Å². The van der Waals surface area contributed by atoms with E-state index < -0.39 is 24.5 Å². The van der Waals surface area contributed by atoms with E-state index in [2.05, 4.69) is 10.6 Å². The van der Waals surface area contributed by atoms with Crippen LogP contribution in [-0.2, 0) is 22.7 Å². The van der Waals surface area contributed by atoms with Gasteiger partial charge in [0.15, 0.2) is 18.1 Å². The lowest BCUT2D eigenvalue weighted by Crippen LogP contribution is -2.41. The summed E-state index contributed by atoms with van der Waals surface area (Å²) in [5.41, 5.74) is 0.941. The average molecular weight is 473 g/mol. The molecular weight excluding hydrogens is 452 g/mol. The second kappa shape index (κ2) is 11.6. The summed E-state index contributed by atoms with van der Waals surface area (Å²) in [7, 11) is 1.43. The molecule has 2 aromatic carbocycles. The summed E-state index contributed by atoms with van der Waals surface area (Å²) in [5, 5.41) is 5.07.